The number of nitrogens with one attached hydrogen (secondary N) is 1. The molecule has 2 aromatic carbocycles. The topological polar surface area (TPSA) is 89.3 Å². The molecule has 0 spiro atoms. The Morgan fingerprint density at radius 1 is 0.920 bits per heavy atom. The maximum Gasteiger partial charge on any atom is 0.277 e. The van der Waals surface area contributed by atoms with E-state index < -0.39 is 5.91 Å². The number of aryl methyl sites for hydroxylation is 1. The van der Waals surface area contributed by atoms with E-state index in [1.165, 1.54) is 12.1 Å². The van der Waals surface area contributed by atoms with Crippen LogP contribution < -0.4 is 5.32 Å². The zero-order valence-electron chi connectivity index (χ0n) is 13.2. The van der Waals surface area contributed by atoms with Gasteiger partial charge in [-0.2, -0.15) is 0 Å². The summed E-state index contributed by atoms with van der Waals surface area (Å²) in [5.74, 6) is -0.367. The maximum atomic E-state index is 12.7. The first kappa shape index (κ1) is 15.0. The first-order chi connectivity index (χ1) is 12.0. The van der Waals surface area contributed by atoms with Gasteiger partial charge in [0.15, 0.2) is 17.3 Å². The zero-order valence-corrected chi connectivity index (χ0v) is 13.2. The van der Waals surface area contributed by atoms with Crippen LogP contribution in [0.25, 0.3) is 0 Å². The lowest BCUT2D eigenvalue weighted by molar-refractivity contribution is 0.0979. The monoisotopic (exact) mass is 332 g/mol. The van der Waals surface area contributed by atoms with Crippen LogP contribution in [0.1, 0.15) is 48.1 Å². The predicted molar refractivity (Wildman–Crippen MR) is 88.9 cm³/mol. The van der Waals surface area contributed by atoms with Gasteiger partial charge in [-0.25, -0.2) is 0 Å². The molecule has 0 radical (unpaired) electrons. The van der Waals surface area contributed by atoms with Gasteiger partial charge in [0.2, 0.25) is 0 Å². The molecule has 0 saturated carbocycles. The number of aromatic nitrogens is 1. The van der Waals surface area contributed by atoms with Crippen molar-refractivity contribution in [1.82, 2.24) is 5.16 Å². The number of hydrogen-bond acceptors (Lipinski definition) is 5. The van der Waals surface area contributed by atoms with Crippen molar-refractivity contribution in [3.05, 3.63) is 82.2 Å². The highest BCUT2D eigenvalue weighted by atomic mass is 16.5. The standard InChI is InChI=1S/C19H12N2O4/c1-10-8-16(21-25-10)19(24)20-11-6-7-14-15(9-11)18(23)13-5-3-2-4-12(13)17(14)22/h2-9H,1H3,(H,20,24). The van der Waals surface area contributed by atoms with E-state index in [-0.39, 0.29) is 22.8 Å². The minimum Gasteiger partial charge on any atom is -0.361 e. The van der Waals surface area contributed by atoms with Gasteiger partial charge in [-0.05, 0) is 25.1 Å². The number of hydrogen-bond donors (Lipinski definition) is 1. The molecule has 1 aliphatic rings. The quantitative estimate of drug-likeness (QED) is 0.609. The van der Waals surface area contributed by atoms with E-state index in [4.69, 9.17) is 4.52 Å². The van der Waals surface area contributed by atoms with Crippen molar-refractivity contribution in [2.75, 3.05) is 5.32 Å². The molecule has 4 rings (SSSR count). The van der Waals surface area contributed by atoms with Gasteiger partial charge in [-0.1, -0.05) is 29.4 Å². The molecule has 1 N–H and O–H groups in total. The van der Waals surface area contributed by atoms with Crippen LogP contribution in [0.15, 0.2) is 53.1 Å². The second-order valence-electron chi connectivity index (χ2n) is 5.74. The number of carbonyl (C=O) groups excluding carboxylic acids is 3. The summed E-state index contributed by atoms with van der Waals surface area (Å²) < 4.78 is 4.87. The summed E-state index contributed by atoms with van der Waals surface area (Å²) in [7, 11) is 0. The molecule has 1 heterocycles. The van der Waals surface area contributed by atoms with Gasteiger partial charge in [0.05, 0.1) is 0 Å². The summed E-state index contributed by atoms with van der Waals surface area (Å²) in [5, 5.41) is 6.30. The van der Waals surface area contributed by atoms with Crippen LogP contribution in [0.4, 0.5) is 5.69 Å². The molecule has 1 aromatic heterocycles. The van der Waals surface area contributed by atoms with Crippen LogP contribution in [-0.2, 0) is 0 Å². The number of ketones is 2. The Bertz CT molecular complexity index is 1050. The molecular formula is C19H12N2O4. The molecule has 3 aromatic rings. The Kier molecular flexibility index (Phi) is 3.32. The molecule has 25 heavy (non-hydrogen) atoms. The summed E-state index contributed by atoms with van der Waals surface area (Å²) in [6.07, 6.45) is 0. The lowest BCUT2D eigenvalue weighted by Gasteiger charge is -2.18. The maximum absolute atomic E-state index is 12.7. The molecule has 1 aliphatic carbocycles. The van der Waals surface area contributed by atoms with Crippen molar-refractivity contribution in [1.29, 1.82) is 0 Å². The number of carbonyl (C=O) groups is 3. The fourth-order valence-electron chi connectivity index (χ4n) is 2.85. The molecule has 0 saturated heterocycles. The zero-order chi connectivity index (χ0) is 17.6. The second kappa shape index (κ2) is 5.52. The number of benzene rings is 2. The van der Waals surface area contributed by atoms with Crippen LogP contribution in [0.5, 0.6) is 0 Å². The second-order valence-corrected chi connectivity index (χ2v) is 5.74. The minimum absolute atomic E-state index is 0.142. The van der Waals surface area contributed by atoms with Crippen LogP contribution in [0.2, 0.25) is 0 Å². The largest absolute Gasteiger partial charge is 0.361 e. The van der Waals surface area contributed by atoms with E-state index in [0.29, 0.717) is 28.1 Å². The SMILES string of the molecule is Cc1cc(C(=O)Nc2ccc3c(c2)C(=O)c2ccccc2C3=O)no1. The van der Waals surface area contributed by atoms with Gasteiger partial charge in [-0.15, -0.1) is 0 Å². The Morgan fingerprint density at radius 3 is 2.20 bits per heavy atom. The first-order valence-electron chi connectivity index (χ1n) is 7.62. The smallest absolute Gasteiger partial charge is 0.277 e. The van der Waals surface area contributed by atoms with E-state index in [9.17, 15) is 14.4 Å². The highest BCUT2D eigenvalue weighted by Gasteiger charge is 2.29. The fourth-order valence-corrected chi connectivity index (χ4v) is 2.85. The highest BCUT2D eigenvalue weighted by molar-refractivity contribution is 6.28. The van der Waals surface area contributed by atoms with Crippen LogP contribution in [0.3, 0.4) is 0 Å². The summed E-state index contributed by atoms with van der Waals surface area (Å²) in [6, 6.07) is 12.9. The van der Waals surface area contributed by atoms with Gasteiger partial charge in [-0.3, -0.25) is 14.4 Å². The molecular weight excluding hydrogens is 320 g/mol. The molecule has 0 fully saturated rings. The number of anilines is 1. The average Bonchev–Trinajstić information content (AvgIpc) is 3.06. The molecule has 0 aliphatic heterocycles. The third-order valence-electron chi connectivity index (χ3n) is 4.04. The molecule has 0 atom stereocenters. The Balaban J connectivity index is 1.69. The Morgan fingerprint density at radius 2 is 1.56 bits per heavy atom. The van der Waals surface area contributed by atoms with Crippen LogP contribution in [0, 0.1) is 6.92 Å². The molecule has 122 valence electrons. The van der Waals surface area contributed by atoms with Crippen LogP contribution >= 0.6 is 0 Å². The van der Waals surface area contributed by atoms with E-state index in [0.717, 1.165) is 0 Å². The average molecular weight is 332 g/mol. The molecule has 0 bridgehead atoms. The Hall–Kier alpha value is -3.54. The van der Waals surface area contributed by atoms with E-state index in [1.54, 1.807) is 43.3 Å². The van der Waals surface area contributed by atoms with Gasteiger partial charge >= 0.3 is 0 Å². The first-order valence-corrected chi connectivity index (χ1v) is 7.62. The molecule has 1 amide bonds. The van der Waals surface area contributed by atoms with Crippen molar-refractivity contribution < 1.29 is 18.9 Å². The van der Waals surface area contributed by atoms with E-state index >= 15 is 0 Å². The van der Waals surface area contributed by atoms with Crippen molar-refractivity contribution in [2.24, 2.45) is 0 Å². The summed E-state index contributed by atoms with van der Waals surface area (Å²) in [4.78, 5) is 37.4. The predicted octanol–water partition coefficient (Wildman–Crippen LogP) is 3.01. The number of rotatable bonds is 2. The highest BCUT2D eigenvalue weighted by Crippen LogP contribution is 2.29. The minimum atomic E-state index is -0.452. The van der Waals surface area contributed by atoms with Crippen molar-refractivity contribution in [3.63, 3.8) is 0 Å². The van der Waals surface area contributed by atoms with Crippen LogP contribution in [-0.4, -0.2) is 22.6 Å². The molecule has 0 unspecified atom stereocenters. The summed E-state index contributed by atoms with van der Waals surface area (Å²) in [5.41, 5.74) is 1.93. The van der Waals surface area contributed by atoms with Gasteiger partial charge in [0.25, 0.3) is 5.91 Å². The van der Waals surface area contributed by atoms with Gasteiger partial charge in [0, 0.05) is 34.0 Å². The van der Waals surface area contributed by atoms with Crippen molar-refractivity contribution in [3.8, 4) is 0 Å². The number of amides is 1. The lowest BCUT2D eigenvalue weighted by atomic mass is 9.84. The van der Waals surface area contributed by atoms with E-state index in [2.05, 4.69) is 10.5 Å². The third kappa shape index (κ3) is 2.44. The number of nitrogens with zero attached hydrogens (tertiary/aromatic N) is 1. The molecule has 6 nitrogen and oxygen atoms in total. The third-order valence-corrected chi connectivity index (χ3v) is 4.04. The van der Waals surface area contributed by atoms with E-state index in [1.807, 2.05) is 0 Å². The van der Waals surface area contributed by atoms with Gasteiger partial charge < -0.3 is 9.84 Å². The number of fused-ring (bicyclic) bond motifs is 2. The fraction of sp³-hybridized carbons (Fsp3) is 0.0526. The summed E-state index contributed by atoms with van der Waals surface area (Å²) >= 11 is 0. The Labute approximate surface area is 142 Å². The normalized spacial score (nSPS) is 12.5. The van der Waals surface area contributed by atoms with Crippen molar-refractivity contribution >= 4 is 23.2 Å². The molecule has 6 heteroatoms. The lowest BCUT2D eigenvalue weighted by Crippen LogP contribution is -2.21. The van der Waals surface area contributed by atoms with Gasteiger partial charge in [0.1, 0.15) is 5.76 Å². The van der Waals surface area contributed by atoms with Crippen molar-refractivity contribution in [2.45, 2.75) is 6.92 Å². The summed E-state index contributed by atoms with van der Waals surface area (Å²) in [6.45, 7) is 1.68.